The molecule has 0 saturated carbocycles. The van der Waals surface area contributed by atoms with E-state index in [-0.39, 0.29) is 5.91 Å². The van der Waals surface area contributed by atoms with E-state index in [1.807, 2.05) is 32.0 Å². The van der Waals surface area contributed by atoms with E-state index in [4.69, 9.17) is 0 Å². The molecule has 1 aliphatic heterocycles. The average molecular weight is 246 g/mol. The SMILES string of the molecule is Cc1cccc(C(=O)N[C@H]2CCNC[C@H]2C)c1C. The molecule has 1 amide bonds. The van der Waals surface area contributed by atoms with Gasteiger partial charge in [0.25, 0.3) is 5.91 Å². The standard InChI is InChI=1S/C15H22N2O/c1-10-5-4-6-13(12(10)3)15(18)17-14-7-8-16-9-11(14)2/h4-6,11,14,16H,7-9H2,1-3H3,(H,17,18)/t11-,14+/m1/s1. The minimum Gasteiger partial charge on any atom is -0.349 e. The molecule has 3 heteroatoms. The summed E-state index contributed by atoms with van der Waals surface area (Å²) in [6.07, 6.45) is 1.01. The highest BCUT2D eigenvalue weighted by Crippen LogP contribution is 2.15. The summed E-state index contributed by atoms with van der Waals surface area (Å²) in [6, 6.07) is 6.19. The van der Waals surface area contributed by atoms with Crippen LogP contribution in [0.1, 0.15) is 34.8 Å². The quantitative estimate of drug-likeness (QED) is 0.838. The molecule has 0 unspecified atom stereocenters. The molecule has 0 aliphatic carbocycles. The molecule has 1 heterocycles. The predicted octanol–water partition coefficient (Wildman–Crippen LogP) is 2.03. The Morgan fingerprint density at radius 1 is 1.39 bits per heavy atom. The number of rotatable bonds is 2. The zero-order valence-electron chi connectivity index (χ0n) is 11.4. The Labute approximate surface area is 109 Å². The van der Waals surface area contributed by atoms with E-state index in [0.717, 1.165) is 30.6 Å². The van der Waals surface area contributed by atoms with E-state index in [1.165, 1.54) is 5.56 Å². The number of nitrogens with one attached hydrogen (secondary N) is 2. The van der Waals surface area contributed by atoms with Gasteiger partial charge in [-0.05, 0) is 56.5 Å². The third-order valence-electron chi connectivity index (χ3n) is 3.95. The molecule has 2 rings (SSSR count). The Kier molecular flexibility index (Phi) is 4.02. The first-order valence-corrected chi connectivity index (χ1v) is 6.67. The van der Waals surface area contributed by atoms with Crippen molar-refractivity contribution in [1.82, 2.24) is 10.6 Å². The van der Waals surface area contributed by atoms with Crippen LogP contribution in [0, 0.1) is 19.8 Å². The second-order valence-electron chi connectivity index (χ2n) is 5.30. The molecule has 0 bridgehead atoms. The van der Waals surface area contributed by atoms with Crippen LogP contribution in [-0.2, 0) is 0 Å². The highest BCUT2D eigenvalue weighted by molar-refractivity contribution is 5.96. The van der Waals surface area contributed by atoms with E-state index in [2.05, 4.69) is 17.6 Å². The summed E-state index contributed by atoms with van der Waals surface area (Å²) in [5.41, 5.74) is 3.05. The van der Waals surface area contributed by atoms with Crippen molar-refractivity contribution in [2.45, 2.75) is 33.2 Å². The van der Waals surface area contributed by atoms with Crippen LogP contribution in [0.5, 0.6) is 0 Å². The molecule has 1 aromatic carbocycles. The fourth-order valence-corrected chi connectivity index (χ4v) is 2.47. The van der Waals surface area contributed by atoms with E-state index in [0.29, 0.717) is 12.0 Å². The van der Waals surface area contributed by atoms with Gasteiger partial charge >= 0.3 is 0 Å². The fourth-order valence-electron chi connectivity index (χ4n) is 2.47. The molecule has 0 radical (unpaired) electrons. The first kappa shape index (κ1) is 13.1. The second kappa shape index (κ2) is 5.53. The molecule has 3 nitrogen and oxygen atoms in total. The van der Waals surface area contributed by atoms with Crippen molar-refractivity contribution in [2.24, 2.45) is 5.92 Å². The Balaban J connectivity index is 2.09. The summed E-state index contributed by atoms with van der Waals surface area (Å²) in [4.78, 5) is 12.3. The van der Waals surface area contributed by atoms with Crippen LogP contribution >= 0.6 is 0 Å². The lowest BCUT2D eigenvalue weighted by Gasteiger charge is -2.30. The van der Waals surface area contributed by atoms with Crippen LogP contribution in [0.25, 0.3) is 0 Å². The fraction of sp³-hybridized carbons (Fsp3) is 0.533. The van der Waals surface area contributed by atoms with Crippen molar-refractivity contribution < 1.29 is 4.79 Å². The van der Waals surface area contributed by atoms with Crippen molar-refractivity contribution in [2.75, 3.05) is 13.1 Å². The maximum atomic E-state index is 12.3. The van der Waals surface area contributed by atoms with Crippen molar-refractivity contribution in [3.8, 4) is 0 Å². The number of piperidine rings is 1. The Bertz CT molecular complexity index is 442. The number of hydrogen-bond donors (Lipinski definition) is 2. The molecular weight excluding hydrogens is 224 g/mol. The summed E-state index contributed by atoms with van der Waals surface area (Å²) in [5.74, 6) is 0.558. The van der Waals surface area contributed by atoms with E-state index in [1.54, 1.807) is 0 Å². The maximum Gasteiger partial charge on any atom is 0.251 e. The van der Waals surface area contributed by atoms with Gasteiger partial charge in [-0.3, -0.25) is 4.79 Å². The normalized spacial score (nSPS) is 23.7. The Morgan fingerprint density at radius 2 is 2.17 bits per heavy atom. The van der Waals surface area contributed by atoms with Gasteiger partial charge in [-0.2, -0.15) is 0 Å². The van der Waals surface area contributed by atoms with Gasteiger partial charge in [0.1, 0.15) is 0 Å². The van der Waals surface area contributed by atoms with Gasteiger partial charge in [0, 0.05) is 11.6 Å². The molecule has 0 aromatic heterocycles. The lowest BCUT2D eigenvalue weighted by atomic mass is 9.94. The number of carbonyl (C=O) groups is 1. The van der Waals surface area contributed by atoms with Crippen LogP contribution in [0.4, 0.5) is 0 Å². The van der Waals surface area contributed by atoms with Gasteiger partial charge in [0.05, 0.1) is 0 Å². The molecule has 1 aliphatic rings. The molecule has 0 spiro atoms. The summed E-state index contributed by atoms with van der Waals surface area (Å²) in [7, 11) is 0. The van der Waals surface area contributed by atoms with Gasteiger partial charge in [0.15, 0.2) is 0 Å². The van der Waals surface area contributed by atoms with Crippen LogP contribution < -0.4 is 10.6 Å². The molecule has 98 valence electrons. The molecular formula is C15H22N2O. The van der Waals surface area contributed by atoms with Crippen molar-refractivity contribution in [1.29, 1.82) is 0 Å². The zero-order chi connectivity index (χ0) is 13.1. The molecule has 1 saturated heterocycles. The van der Waals surface area contributed by atoms with Crippen molar-refractivity contribution in [3.05, 3.63) is 34.9 Å². The number of hydrogen-bond acceptors (Lipinski definition) is 2. The molecule has 1 aromatic rings. The van der Waals surface area contributed by atoms with Gasteiger partial charge < -0.3 is 10.6 Å². The van der Waals surface area contributed by atoms with Gasteiger partial charge in [-0.15, -0.1) is 0 Å². The van der Waals surface area contributed by atoms with E-state index in [9.17, 15) is 4.79 Å². The van der Waals surface area contributed by atoms with Gasteiger partial charge in [0.2, 0.25) is 0 Å². The summed E-state index contributed by atoms with van der Waals surface area (Å²) in [6.45, 7) is 8.20. The number of benzene rings is 1. The molecule has 2 atom stereocenters. The largest absolute Gasteiger partial charge is 0.349 e. The number of carbonyl (C=O) groups excluding carboxylic acids is 1. The van der Waals surface area contributed by atoms with Crippen LogP contribution in [0.15, 0.2) is 18.2 Å². The molecule has 18 heavy (non-hydrogen) atoms. The summed E-state index contributed by atoms with van der Waals surface area (Å²) in [5, 5.41) is 6.52. The first-order chi connectivity index (χ1) is 8.59. The van der Waals surface area contributed by atoms with Crippen LogP contribution in [-0.4, -0.2) is 25.0 Å². The average Bonchev–Trinajstić information content (AvgIpc) is 2.35. The van der Waals surface area contributed by atoms with Crippen molar-refractivity contribution >= 4 is 5.91 Å². The Hall–Kier alpha value is -1.35. The summed E-state index contributed by atoms with van der Waals surface area (Å²) >= 11 is 0. The monoisotopic (exact) mass is 246 g/mol. The van der Waals surface area contributed by atoms with E-state index < -0.39 is 0 Å². The first-order valence-electron chi connectivity index (χ1n) is 6.67. The minimum absolute atomic E-state index is 0.0648. The van der Waals surface area contributed by atoms with Crippen LogP contribution in [0.2, 0.25) is 0 Å². The molecule has 1 fully saturated rings. The highest BCUT2D eigenvalue weighted by Gasteiger charge is 2.23. The summed E-state index contributed by atoms with van der Waals surface area (Å²) < 4.78 is 0. The van der Waals surface area contributed by atoms with Gasteiger partial charge in [-0.1, -0.05) is 19.1 Å². The highest BCUT2D eigenvalue weighted by atomic mass is 16.1. The Morgan fingerprint density at radius 3 is 2.89 bits per heavy atom. The number of amides is 1. The number of aryl methyl sites for hydroxylation is 1. The maximum absolute atomic E-state index is 12.3. The zero-order valence-corrected chi connectivity index (χ0v) is 11.4. The minimum atomic E-state index is 0.0648. The third-order valence-corrected chi connectivity index (χ3v) is 3.95. The topological polar surface area (TPSA) is 41.1 Å². The second-order valence-corrected chi connectivity index (χ2v) is 5.30. The smallest absolute Gasteiger partial charge is 0.251 e. The van der Waals surface area contributed by atoms with Crippen LogP contribution in [0.3, 0.4) is 0 Å². The predicted molar refractivity (Wildman–Crippen MR) is 73.8 cm³/mol. The van der Waals surface area contributed by atoms with Gasteiger partial charge in [-0.25, -0.2) is 0 Å². The molecule has 2 N–H and O–H groups in total. The third kappa shape index (κ3) is 2.72. The lowest BCUT2D eigenvalue weighted by molar-refractivity contribution is 0.0913. The van der Waals surface area contributed by atoms with E-state index >= 15 is 0 Å². The van der Waals surface area contributed by atoms with Crippen molar-refractivity contribution in [3.63, 3.8) is 0 Å². The lowest BCUT2D eigenvalue weighted by Crippen LogP contribution is -2.48.